The molecule has 0 aromatic heterocycles. The number of aromatic hydroxyl groups is 1. The molecular weight excluding hydrogens is 456 g/mol. The van der Waals surface area contributed by atoms with Gasteiger partial charge in [-0.2, -0.15) is 0 Å². The summed E-state index contributed by atoms with van der Waals surface area (Å²) in [6.07, 6.45) is 4.00. The fourth-order valence-electron chi connectivity index (χ4n) is 4.83. The van der Waals surface area contributed by atoms with Crippen LogP contribution in [0.15, 0.2) is 66.7 Å². The third kappa shape index (κ3) is 5.00. The molecule has 2 amide bonds. The number of fused-ring (bicyclic) bond motifs is 1. The van der Waals surface area contributed by atoms with Gasteiger partial charge in [-0.15, -0.1) is 0 Å². The zero-order valence-corrected chi connectivity index (χ0v) is 20.3. The molecule has 1 heterocycles. The zero-order valence-electron chi connectivity index (χ0n) is 20.3. The summed E-state index contributed by atoms with van der Waals surface area (Å²) in [4.78, 5) is 29.5. The molecular formula is C29H30N2O5. The van der Waals surface area contributed by atoms with E-state index in [9.17, 15) is 14.7 Å². The van der Waals surface area contributed by atoms with Gasteiger partial charge in [-0.25, -0.2) is 0 Å². The van der Waals surface area contributed by atoms with Gasteiger partial charge in [0.05, 0.1) is 0 Å². The quantitative estimate of drug-likeness (QED) is 0.517. The number of aryl methyl sites for hydroxylation is 1. The van der Waals surface area contributed by atoms with Gasteiger partial charge in [0.25, 0.3) is 5.91 Å². The van der Waals surface area contributed by atoms with Gasteiger partial charge in [0.2, 0.25) is 5.91 Å². The van der Waals surface area contributed by atoms with Gasteiger partial charge in [-0.3, -0.25) is 14.5 Å². The van der Waals surface area contributed by atoms with E-state index >= 15 is 0 Å². The van der Waals surface area contributed by atoms with Crippen molar-refractivity contribution in [1.82, 2.24) is 5.32 Å². The molecule has 2 N–H and O–H groups in total. The second-order valence-corrected chi connectivity index (χ2v) is 9.35. The molecule has 2 aliphatic rings. The highest BCUT2D eigenvalue weighted by molar-refractivity contribution is 6.10. The molecule has 3 aromatic carbocycles. The van der Waals surface area contributed by atoms with Crippen LogP contribution < -0.4 is 19.7 Å². The van der Waals surface area contributed by atoms with Crippen molar-refractivity contribution in [3.8, 4) is 17.2 Å². The number of rotatable bonds is 6. The SMILES string of the molecule is Cc1ccc(N(C(=O)c2ccc3c(c2)OCCO3)[C@@H](C(=O)NC2CCCC2)c2ccc(O)cc2)cc1. The summed E-state index contributed by atoms with van der Waals surface area (Å²) < 4.78 is 11.3. The molecule has 1 aliphatic carbocycles. The van der Waals surface area contributed by atoms with Crippen molar-refractivity contribution < 1.29 is 24.2 Å². The molecule has 1 atom stereocenters. The molecule has 1 fully saturated rings. The topological polar surface area (TPSA) is 88.1 Å². The maximum Gasteiger partial charge on any atom is 0.259 e. The van der Waals surface area contributed by atoms with E-state index in [0.29, 0.717) is 41.5 Å². The van der Waals surface area contributed by atoms with Gasteiger partial charge >= 0.3 is 0 Å². The van der Waals surface area contributed by atoms with Crippen molar-refractivity contribution in [2.45, 2.75) is 44.7 Å². The van der Waals surface area contributed by atoms with E-state index in [1.54, 1.807) is 30.3 Å². The van der Waals surface area contributed by atoms with Crippen LogP contribution in [0.5, 0.6) is 17.2 Å². The van der Waals surface area contributed by atoms with Crippen molar-refractivity contribution in [2.75, 3.05) is 18.1 Å². The number of phenols is 1. The maximum atomic E-state index is 14.1. The fraction of sp³-hybridized carbons (Fsp3) is 0.310. The Bertz CT molecular complexity index is 1230. The first kappa shape index (κ1) is 23.7. The summed E-state index contributed by atoms with van der Waals surface area (Å²) >= 11 is 0. The minimum atomic E-state index is -0.936. The number of nitrogens with zero attached hydrogens (tertiary/aromatic N) is 1. The van der Waals surface area contributed by atoms with Crippen LogP contribution in [-0.4, -0.2) is 36.2 Å². The van der Waals surface area contributed by atoms with Crippen molar-refractivity contribution in [2.24, 2.45) is 0 Å². The Labute approximate surface area is 210 Å². The van der Waals surface area contributed by atoms with E-state index in [1.165, 1.54) is 17.0 Å². The highest BCUT2D eigenvalue weighted by Crippen LogP contribution is 2.35. The van der Waals surface area contributed by atoms with Crippen molar-refractivity contribution in [3.63, 3.8) is 0 Å². The number of nitrogens with one attached hydrogen (secondary N) is 1. The number of hydrogen-bond donors (Lipinski definition) is 2. The molecule has 3 aromatic rings. The van der Waals surface area contributed by atoms with Crippen LogP contribution >= 0.6 is 0 Å². The molecule has 0 unspecified atom stereocenters. The van der Waals surface area contributed by atoms with Crippen LogP contribution in [-0.2, 0) is 4.79 Å². The van der Waals surface area contributed by atoms with E-state index in [0.717, 1.165) is 31.2 Å². The summed E-state index contributed by atoms with van der Waals surface area (Å²) in [5.41, 5.74) is 2.63. The van der Waals surface area contributed by atoms with Gasteiger partial charge in [0, 0.05) is 17.3 Å². The number of ether oxygens (including phenoxy) is 2. The Kier molecular flexibility index (Phi) is 6.80. The molecule has 7 nitrogen and oxygen atoms in total. The molecule has 36 heavy (non-hydrogen) atoms. The van der Waals surface area contributed by atoms with Crippen LogP contribution in [0.2, 0.25) is 0 Å². The van der Waals surface area contributed by atoms with Crippen LogP contribution in [0.3, 0.4) is 0 Å². The number of anilines is 1. The highest BCUT2D eigenvalue weighted by atomic mass is 16.6. The predicted molar refractivity (Wildman–Crippen MR) is 137 cm³/mol. The Hall–Kier alpha value is -4.00. The largest absolute Gasteiger partial charge is 0.508 e. The minimum absolute atomic E-state index is 0.0846. The van der Waals surface area contributed by atoms with Gasteiger partial charge in [-0.05, 0) is 67.8 Å². The molecule has 0 spiro atoms. The van der Waals surface area contributed by atoms with Crippen molar-refractivity contribution >= 4 is 17.5 Å². The number of benzene rings is 3. The number of phenolic OH excluding ortho intramolecular Hbond substituents is 1. The van der Waals surface area contributed by atoms with E-state index in [-0.39, 0.29) is 23.6 Å². The van der Waals surface area contributed by atoms with Crippen molar-refractivity contribution in [1.29, 1.82) is 0 Å². The average molecular weight is 487 g/mol. The summed E-state index contributed by atoms with van der Waals surface area (Å²) in [5.74, 6) is 0.601. The first-order valence-corrected chi connectivity index (χ1v) is 12.4. The lowest BCUT2D eigenvalue weighted by Gasteiger charge is -2.33. The van der Waals surface area contributed by atoms with Crippen LogP contribution in [0.25, 0.3) is 0 Å². The Morgan fingerprint density at radius 2 is 1.58 bits per heavy atom. The van der Waals surface area contributed by atoms with Crippen LogP contribution in [0.4, 0.5) is 5.69 Å². The lowest BCUT2D eigenvalue weighted by Crippen LogP contribution is -2.46. The number of carbonyl (C=O) groups is 2. The molecule has 0 radical (unpaired) electrons. The van der Waals surface area contributed by atoms with Gasteiger partial charge in [0.1, 0.15) is 25.0 Å². The minimum Gasteiger partial charge on any atom is -0.508 e. The van der Waals surface area contributed by atoms with Gasteiger partial charge in [0.15, 0.2) is 11.5 Å². The summed E-state index contributed by atoms with van der Waals surface area (Å²) in [6.45, 7) is 2.84. The zero-order chi connectivity index (χ0) is 25.1. The molecule has 5 rings (SSSR count). The van der Waals surface area contributed by atoms with E-state index in [4.69, 9.17) is 9.47 Å². The molecule has 1 aliphatic heterocycles. The third-order valence-corrected chi connectivity index (χ3v) is 6.74. The third-order valence-electron chi connectivity index (χ3n) is 6.74. The highest BCUT2D eigenvalue weighted by Gasteiger charge is 2.35. The first-order valence-electron chi connectivity index (χ1n) is 12.4. The molecule has 1 saturated carbocycles. The molecule has 0 bridgehead atoms. The number of hydrogen-bond acceptors (Lipinski definition) is 5. The van der Waals surface area contributed by atoms with Gasteiger partial charge in [-0.1, -0.05) is 42.7 Å². The molecule has 7 heteroatoms. The van der Waals surface area contributed by atoms with E-state index < -0.39 is 6.04 Å². The first-order chi connectivity index (χ1) is 17.5. The number of amides is 2. The number of carbonyl (C=O) groups excluding carboxylic acids is 2. The van der Waals surface area contributed by atoms with E-state index in [2.05, 4.69) is 5.32 Å². The van der Waals surface area contributed by atoms with Crippen molar-refractivity contribution in [3.05, 3.63) is 83.4 Å². The predicted octanol–water partition coefficient (Wildman–Crippen LogP) is 4.92. The second-order valence-electron chi connectivity index (χ2n) is 9.35. The fourth-order valence-corrected chi connectivity index (χ4v) is 4.83. The smallest absolute Gasteiger partial charge is 0.259 e. The van der Waals surface area contributed by atoms with Crippen LogP contribution in [0, 0.1) is 6.92 Å². The monoisotopic (exact) mass is 486 g/mol. The molecule has 0 saturated heterocycles. The average Bonchev–Trinajstić information content (AvgIpc) is 3.41. The second kappa shape index (κ2) is 10.3. The lowest BCUT2D eigenvalue weighted by atomic mass is 10.0. The maximum absolute atomic E-state index is 14.1. The van der Waals surface area contributed by atoms with Crippen LogP contribution in [0.1, 0.15) is 53.2 Å². The normalized spacial score (nSPS) is 15.8. The van der Waals surface area contributed by atoms with E-state index in [1.807, 2.05) is 31.2 Å². The summed E-state index contributed by atoms with van der Waals surface area (Å²) in [5, 5.41) is 13.1. The Balaban J connectivity index is 1.59. The summed E-state index contributed by atoms with van der Waals surface area (Å²) in [6, 6.07) is 18.2. The van der Waals surface area contributed by atoms with Gasteiger partial charge < -0.3 is 19.9 Å². The lowest BCUT2D eigenvalue weighted by molar-refractivity contribution is -0.123. The Morgan fingerprint density at radius 3 is 2.28 bits per heavy atom. The Morgan fingerprint density at radius 1 is 0.917 bits per heavy atom. The molecule has 186 valence electrons. The standard InChI is InChI=1S/C29H30N2O5/c1-19-6-11-23(12-7-19)31(29(34)21-10-15-25-26(18-21)36-17-16-35-25)27(20-8-13-24(32)14-9-20)28(33)30-22-4-2-3-5-22/h6-15,18,22,27,32H,2-5,16-17H2,1H3,(H,30,33)/t27-/m1/s1. The summed E-state index contributed by atoms with van der Waals surface area (Å²) in [7, 11) is 0.